The number of hydrogen-bond donors (Lipinski definition) is 3. The second-order valence-electron chi connectivity index (χ2n) is 7.05. The van der Waals surface area contributed by atoms with Gasteiger partial charge in [0.05, 0.1) is 23.8 Å². The van der Waals surface area contributed by atoms with Crippen LogP contribution in [0.15, 0.2) is 42.5 Å². The van der Waals surface area contributed by atoms with Gasteiger partial charge in [0, 0.05) is 30.9 Å². The smallest absolute Gasteiger partial charge is 0.258 e. The van der Waals surface area contributed by atoms with E-state index in [2.05, 4.69) is 10.6 Å². The van der Waals surface area contributed by atoms with Crippen LogP contribution in [0, 0.1) is 0 Å². The summed E-state index contributed by atoms with van der Waals surface area (Å²) in [6.45, 7) is 1.48. The number of nitrogens with one attached hydrogen (secondary N) is 2. The van der Waals surface area contributed by atoms with Crippen LogP contribution in [0.3, 0.4) is 0 Å². The van der Waals surface area contributed by atoms with Crippen LogP contribution >= 0.6 is 0 Å². The topological polar surface area (TPSA) is 108 Å². The van der Waals surface area contributed by atoms with Gasteiger partial charge in [-0.2, -0.15) is 0 Å². The fourth-order valence-electron chi connectivity index (χ4n) is 3.47. The Hall–Kier alpha value is -3.23. The molecule has 2 aromatic rings. The summed E-state index contributed by atoms with van der Waals surface area (Å²) in [5.41, 5.74) is 3.14. The van der Waals surface area contributed by atoms with Crippen molar-refractivity contribution in [2.75, 3.05) is 36.5 Å². The predicted molar refractivity (Wildman–Crippen MR) is 106 cm³/mol. The molecule has 0 saturated carbocycles. The van der Waals surface area contributed by atoms with Gasteiger partial charge in [-0.3, -0.25) is 19.7 Å². The molecule has 2 heterocycles. The minimum absolute atomic E-state index is 0.0582. The van der Waals surface area contributed by atoms with Crippen LogP contribution in [0.4, 0.5) is 11.4 Å². The number of ether oxygens (including phenoxy) is 1. The summed E-state index contributed by atoms with van der Waals surface area (Å²) in [7, 11) is 0. The Kier molecular flexibility index (Phi) is 5.28. The van der Waals surface area contributed by atoms with Gasteiger partial charge in [0.2, 0.25) is 0 Å². The van der Waals surface area contributed by atoms with Crippen LogP contribution in [-0.2, 0) is 16.0 Å². The van der Waals surface area contributed by atoms with Gasteiger partial charge in [-0.15, -0.1) is 0 Å². The first-order valence-corrected chi connectivity index (χ1v) is 9.40. The van der Waals surface area contributed by atoms with Gasteiger partial charge in [-0.1, -0.05) is 6.07 Å². The quantitative estimate of drug-likeness (QED) is 0.629. The molecule has 0 radical (unpaired) electrons. The zero-order valence-electron chi connectivity index (χ0n) is 15.7. The molecule has 0 unspecified atom stereocenters. The highest BCUT2D eigenvalue weighted by atomic mass is 16.5. The number of imide groups is 1. The molecule has 4 rings (SSSR count). The van der Waals surface area contributed by atoms with E-state index >= 15 is 0 Å². The van der Waals surface area contributed by atoms with Gasteiger partial charge >= 0.3 is 0 Å². The van der Waals surface area contributed by atoms with E-state index in [1.165, 1.54) is 0 Å². The number of amides is 3. The number of aliphatic hydroxyl groups is 1. The molecule has 2 aliphatic rings. The second kappa shape index (κ2) is 8.02. The van der Waals surface area contributed by atoms with Gasteiger partial charge in [0.15, 0.2) is 0 Å². The molecule has 29 heavy (non-hydrogen) atoms. The Morgan fingerprint density at radius 2 is 1.83 bits per heavy atom. The molecule has 8 heteroatoms. The number of hydrogen-bond acceptors (Lipinski definition) is 6. The molecule has 2 aromatic carbocycles. The van der Waals surface area contributed by atoms with Crippen LogP contribution in [0.5, 0.6) is 0 Å². The van der Waals surface area contributed by atoms with Gasteiger partial charge in [-0.05, 0) is 42.0 Å². The summed E-state index contributed by atoms with van der Waals surface area (Å²) in [5.74, 6) is -0.851. The molecule has 150 valence electrons. The maximum Gasteiger partial charge on any atom is 0.258 e. The number of carbonyl (C=O) groups excluding carboxylic acids is 3. The highest BCUT2D eigenvalue weighted by Gasteiger charge is 2.26. The van der Waals surface area contributed by atoms with E-state index in [0.29, 0.717) is 37.2 Å². The fourth-order valence-corrected chi connectivity index (χ4v) is 3.47. The summed E-state index contributed by atoms with van der Waals surface area (Å²) >= 11 is 0. The van der Waals surface area contributed by atoms with Gasteiger partial charge < -0.3 is 20.1 Å². The zero-order chi connectivity index (χ0) is 20.4. The Labute approximate surface area is 167 Å². The molecule has 3 N–H and O–H groups in total. The van der Waals surface area contributed by atoms with E-state index in [-0.39, 0.29) is 18.4 Å². The molecule has 3 amide bonds. The minimum atomic E-state index is -0.672. The molecular formula is C21H21N3O5. The van der Waals surface area contributed by atoms with Crippen LogP contribution in [0.25, 0.3) is 0 Å². The van der Waals surface area contributed by atoms with E-state index in [1.807, 2.05) is 24.3 Å². The number of benzene rings is 2. The minimum Gasteiger partial charge on any atom is -0.391 e. The molecule has 0 aliphatic carbocycles. The van der Waals surface area contributed by atoms with Crippen molar-refractivity contribution in [3.63, 3.8) is 0 Å². The molecule has 0 aromatic heterocycles. The SMILES string of the molecule is O=C1NC(=O)c2cc(C[C@@H](O)CNc3ccc(N4CCOCC4=O)cc3)ccc21. The number of rotatable bonds is 6. The third-order valence-corrected chi connectivity index (χ3v) is 4.98. The maximum atomic E-state index is 11.9. The number of anilines is 2. The molecule has 0 spiro atoms. The summed E-state index contributed by atoms with van der Waals surface area (Å²) in [6, 6.07) is 12.4. The first kappa shape index (κ1) is 19.1. The van der Waals surface area contributed by atoms with E-state index in [4.69, 9.17) is 4.74 Å². The average molecular weight is 395 g/mol. The molecule has 1 atom stereocenters. The molecule has 1 fully saturated rings. The first-order chi connectivity index (χ1) is 14.0. The number of morpholine rings is 1. The van der Waals surface area contributed by atoms with E-state index in [1.54, 1.807) is 23.1 Å². The van der Waals surface area contributed by atoms with Crippen LogP contribution < -0.4 is 15.5 Å². The number of aliphatic hydroxyl groups excluding tert-OH is 1. The number of carbonyl (C=O) groups is 3. The van der Waals surface area contributed by atoms with Crippen molar-refractivity contribution in [2.24, 2.45) is 0 Å². The third-order valence-electron chi connectivity index (χ3n) is 4.98. The van der Waals surface area contributed by atoms with Gasteiger partial charge in [-0.25, -0.2) is 0 Å². The van der Waals surface area contributed by atoms with Crippen molar-refractivity contribution in [1.82, 2.24) is 5.32 Å². The lowest BCUT2D eigenvalue weighted by Crippen LogP contribution is -2.41. The fraction of sp³-hybridized carbons (Fsp3) is 0.286. The molecular weight excluding hydrogens is 374 g/mol. The largest absolute Gasteiger partial charge is 0.391 e. The normalized spacial score (nSPS) is 17.1. The van der Waals surface area contributed by atoms with Crippen molar-refractivity contribution >= 4 is 29.1 Å². The van der Waals surface area contributed by atoms with Crippen molar-refractivity contribution in [3.05, 3.63) is 59.2 Å². The van der Waals surface area contributed by atoms with Crippen molar-refractivity contribution in [3.8, 4) is 0 Å². The van der Waals surface area contributed by atoms with Gasteiger partial charge in [0.25, 0.3) is 17.7 Å². The lowest BCUT2D eigenvalue weighted by molar-refractivity contribution is -0.125. The monoisotopic (exact) mass is 395 g/mol. The summed E-state index contributed by atoms with van der Waals surface area (Å²) in [5, 5.41) is 15.7. The lowest BCUT2D eigenvalue weighted by atomic mass is 10.0. The molecule has 1 saturated heterocycles. The second-order valence-corrected chi connectivity index (χ2v) is 7.05. The molecule has 8 nitrogen and oxygen atoms in total. The highest BCUT2D eigenvalue weighted by Crippen LogP contribution is 2.21. The maximum absolute atomic E-state index is 11.9. The third kappa shape index (κ3) is 4.13. The summed E-state index contributed by atoms with van der Waals surface area (Å²) in [6.07, 6.45) is -0.323. The Morgan fingerprint density at radius 3 is 2.59 bits per heavy atom. The van der Waals surface area contributed by atoms with Crippen LogP contribution in [0.1, 0.15) is 26.3 Å². The number of fused-ring (bicyclic) bond motifs is 1. The number of nitrogens with zero attached hydrogens (tertiary/aromatic N) is 1. The van der Waals surface area contributed by atoms with Crippen molar-refractivity contribution < 1.29 is 24.2 Å². The summed E-state index contributed by atoms with van der Waals surface area (Å²) in [4.78, 5) is 36.9. The Balaban J connectivity index is 1.32. The Morgan fingerprint density at radius 1 is 1.07 bits per heavy atom. The van der Waals surface area contributed by atoms with E-state index in [0.717, 1.165) is 16.9 Å². The standard InChI is InChI=1S/C21H21N3O5/c25-16(9-13-1-6-17-18(10-13)21(28)23-20(17)27)11-22-14-2-4-15(5-3-14)24-7-8-29-12-19(24)26/h1-6,10,16,22,25H,7-9,11-12H2,(H,23,27,28)/t16-/m1/s1. The Bertz CT molecular complexity index is 957. The average Bonchev–Trinajstić information content (AvgIpc) is 3.00. The van der Waals surface area contributed by atoms with E-state index in [9.17, 15) is 19.5 Å². The van der Waals surface area contributed by atoms with Gasteiger partial charge in [0.1, 0.15) is 6.61 Å². The first-order valence-electron chi connectivity index (χ1n) is 9.40. The zero-order valence-corrected chi connectivity index (χ0v) is 15.7. The molecule has 2 aliphatic heterocycles. The van der Waals surface area contributed by atoms with Crippen molar-refractivity contribution in [2.45, 2.75) is 12.5 Å². The highest BCUT2D eigenvalue weighted by molar-refractivity contribution is 6.21. The van der Waals surface area contributed by atoms with Crippen LogP contribution in [-0.4, -0.2) is 55.2 Å². The predicted octanol–water partition coefficient (Wildman–Crippen LogP) is 0.949. The van der Waals surface area contributed by atoms with E-state index < -0.39 is 12.0 Å². The van der Waals surface area contributed by atoms with Crippen molar-refractivity contribution in [1.29, 1.82) is 0 Å². The summed E-state index contributed by atoms with van der Waals surface area (Å²) < 4.78 is 5.14. The lowest BCUT2D eigenvalue weighted by Gasteiger charge is -2.27. The van der Waals surface area contributed by atoms with Crippen LogP contribution in [0.2, 0.25) is 0 Å². The molecule has 0 bridgehead atoms.